The monoisotopic (exact) mass is 275 g/mol. The Hall–Kier alpha value is -0.210. The molecule has 56 valence electrons. The fourth-order valence-electron chi connectivity index (χ4n) is 0.756. The van der Waals surface area contributed by atoms with Gasteiger partial charge in [0.1, 0.15) is 6.07 Å². The van der Waals surface area contributed by atoms with Gasteiger partial charge < -0.3 is 0 Å². The molecule has 0 saturated heterocycles. The number of thiol groups is 1. The van der Waals surface area contributed by atoms with Crippen molar-refractivity contribution in [3.05, 3.63) is 26.8 Å². The van der Waals surface area contributed by atoms with Crippen LogP contribution in [0.3, 0.4) is 0 Å². The summed E-state index contributed by atoms with van der Waals surface area (Å²) in [6, 6.07) is 5.80. The molecule has 0 aliphatic rings. The third-order valence-electron chi connectivity index (χ3n) is 1.43. The van der Waals surface area contributed by atoms with Gasteiger partial charge in [-0.2, -0.15) is 5.26 Å². The van der Waals surface area contributed by atoms with Crippen LogP contribution in [0.25, 0.3) is 0 Å². The van der Waals surface area contributed by atoms with E-state index >= 15 is 0 Å². The molecule has 0 fully saturated rings. The average Bonchev–Trinajstić information content (AvgIpc) is 2.01. The summed E-state index contributed by atoms with van der Waals surface area (Å²) < 4.78 is 1.06. The lowest BCUT2D eigenvalue weighted by Gasteiger charge is -2.01. The number of hydrogen-bond donors (Lipinski definition) is 1. The Morgan fingerprint density at radius 3 is 2.73 bits per heavy atom. The molecule has 0 aliphatic heterocycles. The van der Waals surface area contributed by atoms with Crippen molar-refractivity contribution in [3.63, 3.8) is 0 Å². The standard InChI is InChI=1S/C8H6INS/c1-5-2-3-6(4-10)8(11)7(5)9/h2-3,11H,1H3. The van der Waals surface area contributed by atoms with Gasteiger partial charge in [-0.05, 0) is 41.1 Å². The van der Waals surface area contributed by atoms with E-state index < -0.39 is 0 Å². The maximum Gasteiger partial charge on any atom is 0.100 e. The zero-order chi connectivity index (χ0) is 8.43. The van der Waals surface area contributed by atoms with E-state index in [1.165, 1.54) is 0 Å². The maximum atomic E-state index is 8.63. The molecule has 0 amide bonds. The van der Waals surface area contributed by atoms with E-state index in [0.717, 1.165) is 14.0 Å². The summed E-state index contributed by atoms with van der Waals surface area (Å²) in [5, 5.41) is 8.63. The maximum absolute atomic E-state index is 8.63. The number of nitrogens with zero attached hydrogens (tertiary/aromatic N) is 1. The minimum Gasteiger partial charge on any atom is -0.192 e. The van der Waals surface area contributed by atoms with Gasteiger partial charge in [-0.25, -0.2) is 0 Å². The van der Waals surface area contributed by atoms with Gasteiger partial charge in [0.15, 0.2) is 0 Å². The number of rotatable bonds is 0. The average molecular weight is 275 g/mol. The molecule has 0 N–H and O–H groups in total. The van der Waals surface area contributed by atoms with Crippen LogP contribution in [0.4, 0.5) is 0 Å². The second-order valence-corrected chi connectivity index (χ2v) is 3.73. The number of halogens is 1. The first kappa shape index (κ1) is 8.88. The van der Waals surface area contributed by atoms with Crippen molar-refractivity contribution in [1.29, 1.82) is 5.26 Å². The largest absolute Gasteiger partial charge is 0.192 e. The van der Waals surface area contributed by atoms with Crippen LogP contribution in [-0.2, 0) is 0 Å². The van der Waals surface area contributed by atoms with Gasteiger partial charge in [-0.3, -0.25) is 0 Å². The summed E-state index contributed by atoms with van der Waals surface area (Å²) in [6.07, 6.45) is 0. The van der Waals surface area contributed by atoms with Crippen molar-refractivity contribution in [1.82, 2.24) is 0 Å². The predicted octanol–water partition coefficient (Wildman–Crippen LogP) is 2.76. The van der Waals surface area contributed by atoms with E-state index in [1.54, 1.807) is 6.07 Å². The highest BCUT2D eigenvalue weighted by atomic mass is 127. The topological polar surface area (TPSA) is 23.8 Å². The van der Waals surface area contributed by atoms with E-state index in [1.807, 2.05) is 13.0 Å². The van der Waals surface area contributed by atoms with Crippen LogP contribution in [0.5, 0.6) is 0 Å². The molecule has 1 aromatic rings. The van der Waals surface area contributed by atoms with Crippen molar-refractivity contribution in [3.8, 4) is 6.07 Å². The molecule has 0 heterocycles. The van der Waals surface area contributed by atoms with Gasteiger partial charge >= 0.3 is 0 Å². The molecule has 0 radical (unpaired) electrons. The zero-order valence-corrected chi connectivity index (χ0v) is 8.98. The molecule has 0 saturated carbocycles. The number of hydrogen-bond acceptors (Lipinski definition) is 2. The highest BCUT2D eigenvalue weighted by Crippen LogP contribution is 2.23. The Balaban J connectivity index is 3.40. The molecule has 1 nitrogen and oxygen atoms in total. The van der Waals surface area contributed by atoms with Gasteiger partial charge in [-0.15, -0.1) is 12.6 Å². The third kappa shape index (κ3) is 1.68. The second kappa shape index (κ2) is 3.46. The molecular weight excluding hydrogens is 269 g/mol. The minimum atomic E-state index is 0.642. The van der Waals surface area contributed by atoms with E-state index in [0.29, 0.717) is 5.56 Å². The number of benzene rings is 1. The van der Waals surface area contributed by atoms with Crippen LogP contribution >= 0.6 is 35.2 Å². The van der Waals surface area contributed by atoms with Crippen molar-refractivity contribution in [2.24, 2.45) is 0 Å². The van der Waals surface area contributed by atoms with Crippen LogP contribution in [0.2, 0.25) is 0 Å². The lowest BCUT2D eigenvalue weighted by atomic mass is 10.2. The Morgan fingerprint density at radius 2 is 2.18 bits per heavy atom. The fourth-order valence-corrected chi connectivity index (χ4v) is 1.53. The van der Waals surface area contributed by atoms with Gasteiger partial charge in [0.2, 0.25) is 0 Å². The number of aryl methyl sites for hydroxylation is 1. The Bertz CT molecular complexity index is 328. The third-order valence-corrected chi connectivity index (χ3v) is 3.71. The summed E-state index contributed by atoms with van der Waals surface area (Å²) in [5.41, 5.74) is 1.80. The summed E-state index contributed by atoms with van der Waals surface area (Å²) in [7, 11) is 0. The predicted molar refractivity (Wildman–Crippen MR) is 55.9 cm³/mol. The van der Waals surface area contributed by atoms with Crippen molar-refractivity contribution < 1.29 is 0 Å². The minimum absolute atomic E-state index is 0.642. The van der Waals surface area contributed by atoms with Crippen LogP contribution in [0.15, 0.2) is 17.0 Å². The Morgan fingerprint density at radius 1 is 1.55 bits per heavy atom. The molecule has 0 aromatic heterocycles. The summed E-state index contributed by atoms with van der Waals surface area (Å²) in [6.45, 7) is 2.00. The number of nitriles is 1. The van der Waals surface area contributed by atoms with Crippen LogP contribution in [0, 0.1) is 21.8 Å². The Labute approximate surface area is 85.0 Å². The molecular formula is C8H6INS. The van der Waals surface area contributed by atoms with E-state index in [2.05, 4.69) is 41.3 Å². The molecule has 0 spiro atoms. The second-order valence-electron chi connectivity index (χ2n) is 2.20. The first-order valence-corrected chi connectivity index (χ1v) is 4.57. The SMILES string of the molecule is Cc1ccc(C#N)c(S)c1I. The lowest BCUT2D eigenvalue weighted by molar-refractivity contribution is 1.27. The van der Waals surface area contributed by atoms with Gasteiger partial charge in [0, 0.05) is 8.47 Å². The van der Waals surface area contributed by atoms with Crippen molar-refractivity contribution >= 4 is 35.2 Å². The molecule has 3 heteroatoms. The molecule has 11 heavy (non-hydrogen) atoms. The summed E-state index contributed by atoms with van der Waals surface area (Å²) in [4.78, 5) is 0.785. The first-order valence-electron chi connectivity index (χ1n) is 3.05. The molecule has 1 rings (SSSR count). The van der Waals surface area contributed by atoms with Crippen LogP contribution < -0.4 is 0 Å². The van der Waals surface area contributed by atoms with Crippen LogP contribution in [-0.4, -0.2) is 0 Å². The first-order chi connectivity index (χ1) is 5.16. The lowest BCUT2D eigenvalue weighted by Crippen LogP contribution is -1.86. The van der Waals surface area contributed by atoms with Gasteiger partial charge in [0.25, 0.3) is 0 Å². The van der Waals surface area contributed by atoms with Crippen LogP contribution in [0.1, 0.15) is 11.1 Å². The quantitative estimate of drug-likeness (QED) is 0.571. The highest BCUT2D eigenvalue weighted by Gasteiger charge is 2.03. The summed E-state index contributed by atoms with van der Waals surface area (Å²) in [5.74, 6) is 0. The van der Waals surface area contributed by atoms with E-state index in [9.17, 15) is 0 Å². The summed E-state index contributed by atoms with van der Waals surface area (Å²) >= 11 is 6.42. The van der Waals surface area contributed by atoms with Crippen molar-refractivity contribution in [2.45, 2.75) is 11.8 Å². The molecule has 0 unspecified atom stereocenters. The van der Waals surface area contributed by atoms with Crippen molar-refractivity contribution in [2.75, 3.05) is 0 Å². The van der Waals surface area contributed by atoms with Gasteiger partial charge in [-0.1, -0.05) is 6.07 Å². The normalized spacial score (nSPS) is 9.27. The highest BCUT2D eigenvalue weighted by molar-refractivity contribution is 14.1. The van der Waals surface area contributed by atoms with E-state index in [4.69, 9.17) is 5.26 Å². The zero-order valence-electron chi connectivity index (χ0n) is 5.93. The molecule has 0 aliphatic carbocycles. The Kier molecular flexibility index (Phi) is 2.79. The fraction of sp³-hybridized carbons (Fsp3) is 0.125. The molecule has 1 aromatic carbocycles. The smallest absolute Gasteiger partial charge is 0.100 e. The molecule has 0 bridgehead atoms. The molecule has 0 atom stereocenters. The van der Waals surface area contributed by atoms with E-state index in [-0.39, 0.29) is 0 Å². The van der Waals surface area contributed by atoms with Gasteiger partial charge in [0.05, 0.1) is 5.56 Å².